The average molecular weight is 473 g/mol. The Morgan fingerprint density at radius 2 is 1.06 bits per heavy atom. The van der Waals surface area contributed by atoms with Crippen molar-refractivity contribution in [2.75, 3.05) is 22.1 Å². The van der Waals surface area contributed by atoms with Gasteiger partial charge in [0.25, 0.3) is 0 Å². The summed E-state index contributed by atoms with van der Waals surface area (Å²) < 4.78 is 0. The minimum Gasteiger partial charge on any atom is -0.326 e. The lowest BCUT2D eigenvalue weighted by atomic mass is 10.0. The predicted molar refractivity (Wildman–Crippen MR) is 138 cm³/mol. The molecule has 172 valence electrons. The van der Waals surface area contributed by atoms with Gasteiger partial charge in [0.1, 0.15) is 0 Å². The number of hydrogen-bond donors (Lipinski definition) is 4. The third-order valence-corrected chi connectivity index (χ3v) is 5.57. The summed E-state index contributed by atoms with van der Waals surface area (Å²) in [5, 5.41) is 5.72. The Labute approximate surface area is 201 Å². The highest BCUT2D eigenvalue weighted by Gasteiger charge is 2.12. The molecule has 0 aliphatic rings. The molecule has 0 saturated heterocycles. The Hall–Kier alpha value is -2.25. The molecule has 32 heavy (non-hydrogen) atoms. The molecule has 2 aromatic carbocycles. The first-order valence-corrected chi connectivity index (χ1v) is 12.4. The van der Waals surface area contributed by atoms with E-state index >= 15 is 0 Å². The Balaban J connectivity index is 1.96. The number of benzene rings is 2. The highest BCUT2D eigenvalue weighted by Crippen LogP contribution is 2.19. The van der Waals surface area contributed by atoms with E-state index in [0.29, 0.717) is 35.3 Å². The molecule has 2 aromatic rings. The molecule has 0 saturated carbocycles. The fraction of sp³-hybridized carbons (Fsp3) is 0.400. The molecule has 0 unspecified atom stereocenters. The van der Waals surface area contributed by atoms with Gasteiger partial charge in [-0.05, 0) is 61.5 Å². The van der Waals surface area contributed by atoms with Crippen LogP contribution < -0.4 is 10.6 Å². The lowest BCUT2D eigenvalue weighted by Crippen LogP contribution is -2.12. The van der Waals surface area contributed by atoms with E-state index < -0.39 is 0 Å². The largest absolute Gasteiger partial charge is 0.326 e. The maximum absolute atomic E-state index is 13.0. The lowest BCUT2D eigenvalue weighted by molar-refractivity contribution is -0.117. The van der Waals surface area contributed by atoms with Gasteiger partial charge in [-0.25, -0.2) is 0 Å². The van der Waals surface area contributed by atoms with Crippen LogP contribution in [-0.2, 0) is 9.59 Å². The molecule has 0 radical (unpaired) electrons. The van der Waals surface area contributed by atoms with Crippen molar-refractivity contribution in [1.82, 2.24) is 0 Å². The van der Waals surface area contributed by atoms with Gasteiger partial charge in [0.15, 0.2) is 5.78 Å². The molecule has 7 heteroatoms. The molecule has 0 aliphatic carbocycles. The van der Waals surface area contributed by atoms with Crippen molar-refractivity contribution in [3.05, 3.63) is 59.7 Å². The van der Waals surface area contributed by atoms with Gasteiger partial charge >= 0.3 is 0 Å². The number of thiol groups is 2. The number of rotatable bonds is 14. The van der Waals surface area contributed by atoms with Crippen LogP contribution in [0.5, 0.6) is 0 Å². The molecule has 2 N–H and O–H groups in total. The lowest BCUT2D eigenvalue weighted by Gasteiger charge is -2.09. The van der Waals surface area contributed by atoms with Gasteiger partial charge in [0.05, 0.1) is 0 Å². The first-order valence-electron chi connectivity index (χ1n) is 11.1. The molecule has 0 fully saturated rings. The van der Waals surface area contributed by atoms with E-state index in [2.05, 4.69) is 35.9 Å². The van der Waals surface area contributed by atoms with Crippen molar-refractivity contribution in [2.45, 2.75) is 51.4 Å². The summed E-state index contributed by atoms with van der Waals surface area (Å²) in [6, 6.07) is 13.8. The van der Waals surface area contributed by atoms with Crippen LogP contribution in [0, 0.1) is 0 Å². The van der Waals surface area contributed by atoms with E-state index in [1.165, 1.54) is 0 Å². The fourth-order valence-electron chi connectivity index (χ4n) is 3.24. The average Bonchev–Trinajstić information content (AvgIpc) is 2.79. The molecule has 2 rings (SSSR count). The van der Waals surface area contributed by atoms with Crippen LogP contribution >= 0.6 is 25.3 Å². The van der Waals surface area contributed by atoms with Gasteiger partial charge in [-0.2, -0.15) is 25.3 Å². The molecule has 5 nitrogen and oxygen atoms in total. The summed E-state index contributed by atoms with van der Waals surface area (Å²) in [6.45, 7) is 0. The minimum absolute atomic E-state index is 0.0622. The summed E-state index contributed by atoms with van der Waals surface area (Å²) in [5.74, 6) is 1.36. The highest BCUT2D eigenvalue weighted by molar-refractivity contribution is 7.80. The topological polar surface area (TPSA) is 75.3 Å². The summed E-state index contributed by atoms with van der Waals surface area (Å²) >= 11 is 8.35. The first-order chi connectivity index (χ1) is 15.5. The zero-order valence-corrected chi connectivity index (χ0v) is 20.1. The predicted octanol–water partition coefficient (Wildman–Crippen LogP) is 5.78. The maximum Gasteiger partial charge on any atom is 0.224 e. The number of carbonyl (C=O) groups is 3. The molecule has 0 bridgehead atoms. The Bertz CT molecular complexity index is 831. The summed E-state index contributed by atoms with van der Waals surface area (Å²) in [6.07, 6.45) is 6.46. The van der Waals surface area contributed by atoms with Gasteiger partial charge in [-0.1, -0.05) is 37.1 Å². The van der Waals surface area contributed by atoms with Gasteiger partial charge in [0.2, 0.25) is 11.8 Å². The van der Waals surface area contributed by atoms with E-state index in [1.54, 1.807) is 48.5 Å². The molecule has 2 amide bonds. The standard InChI is InChI=1S/C25H32N2O3S2/c28-23(13-3-1-5-15-31)26-21-11-7-9-19(17-21)25(30)20-10-8-12-22(18-20)27-24(29)14-4-2-6-16-32/h7-12,17-18,31-32H,1-6,13-16H2,(H,26,28)(H,27,29). The van der Waals surface area contributed by atoms with Crippen LogP contribution in [0.25, 0.3) is 0 Å². The summed E-state index contributed by atoms with van der Waals surface area (Å²) in [5.41, 5.74) is 2.16. The summed E-state index contributed by atoms with van der Waals surface area (Å²) in [7, 11) is 0. The zero-order chi connectivity index (χ0) is 23.2. The molecule has 0 heterocycles. The number of anilines is 2. The molecular formula is C25H32N2O3S2. The quantitative estimate of drug-likeness (QED) is 0.160. The van der Waals surface area contributed by atoms with Crippen molar-refractivity contribution in [1.29, 1.82) is 0 Å². The van der Waals surface area contributed by atoms with Crippen molar-refractivity contribution in [2.24, 2.45) is 0 Å². The highest BCUT2D eigenvalue weighted by atomic mass is 32.1. The van der Waals surface area contributed by atoms with Crippen LogP contribution in [0.15, 0.2) is 48.5 Å². The minimum atomic E-state index is -0.167. The van der Waals surface area contributed by atoms with Crippen molar-refractivity contribution >= 4 is 54.2 Å². The van der Waals surface area contributed by atoms with Crippen LogP contribution in [0.4, 0.5) is 11.4 Å². The third kappa shape index (κ3) is 9.49. The number of nitrogens with one attached hydrogen (secondary N) is 2. The fourth-order valence-corrected chi connectivity index (χ4v) is 3.69. The molecular weight excluding hydrogens is 440 g/mol. The first kappa shape index (κ1) is 26.0. The van der Waals surface area contributed by atoms with Crippen molar-refractivity contribution in [3.63, 3.8) is 0 Å². The van der Waals surface area contributed by atoms with Gasteiger partial charge in [-0.3, -0.25) is 14.4 Å². The van der Waals surface area contributed by atoms with Crippen molar-refractivity contribution < 1.29 is 14.4 Å². The smallest absolute Gasteiger partial charge is 0.224 e. The summed E-state index contributed by atoms with van der Waals surface area (Å²) in [4.78, 5) is 37.2. The third-order valence-electron chi connectivity index (χ3n) is 4.94. The number of ketones is 1. The van der Waals surface area contributed by atoms with E-state index in [9.17, 15) is 14.4 Å². The monoisotopic (exact) mass is 472 g/mol. The second-order valence-electron chi connectivity index (χ2n) is 7.66. The molecule has 0 aliphatic heterocycles. The number of carbonyl (C=O) groups excluding carboxylic acids is 3. The van der Waals surface area contributed by atoms with Gasteiger partial charge in [0, 0.05) is 35.3 Å². The zero-order valence-electron chi connectivity index (χ0n) is 18.3. The van der Waals surface area contributed by atoms with Crippen LogP contribution in [0.1, 0.15) is 67.3 Å². The molecule has 0 atom stereocenters. The van der Waals surface area contributed by atoms with E-state index in [0.717, 1.165) is 50.0 Å². The van der Waals surface area contributed by atoms with E-state index in [-0.39, 0.29) is 17.6 Å². The number of hydrogen-bond acceptors (Lipinski definition) is 5. The Kier molecular flexibility index (Phi) is 12.0. The van der Waals surface area contributed by atoms with Crippen LogP contribution in [0.2, 0.25) is 0 Å². The second kappa shape index (κ2) is 14.7. The van der Waals surface area contributed by atoms with Gasteiger partial charge < -0.3 is 10.6 Å². The van der Waals surface area contributed by atoms with Crippen molar-refractivity contribution in [3.8, 4) is 0 Å². The SMILES string of the molecule is O=C(CCCCCS)Nc1cccc(C(=O)c2cccc(NC(=O)CCCCCS)c2)c1. The molecule has 0 aromatic heterocycles. The molecule has 0 spiro atoms. The Morgan fingerprint density at radius 3 is 1.47 bits per heavy atom. The normalized spacial score (nSPS) is 10.6. The maximum atomic E-state index is 13.0. The second-order valence-corrected chi connectivity index (χ2v) is 8.55. The number of amides is 2. The van der Waals surface area contributed by atoms with Crippen LogP contribution in [0.3, 0.4) is 0 Å². The van der Waals surface area contributed by atoms with Crippen LogP contribution in [-0.4, -0.2) is 29.1 Å². The Morgan fingerprint density at radius 1 is 0.625 bits per heavy atom. The number of unbranched alkanes of at least 4 members (excludes halogenated alkanes) is 4. The van der Waals surface area contributed by atoms with E-state index in [1.807, 2.05) is 0 Å². The van der Waals surface area contributed by atoms with E-state index in [4.69, 9.17) is 0 Å². The van der Waals surface area contributed by atoms with Gasteiger partial charge in [-0.15, -0.1) is 0 Å².